The van der Waals surface area contributed by atoms with Crippen molar-refractivity contribution >= 4 is 40.2 Å². The number of fused-ring (bicyclic) bond motifs is 2. The zero-order chi connectivity index (χ0) is 21.9. The van der Waals surface area contributed by atoms with Crippen LogP contribution in [0.3, 0.4) is 0 Å². The molecule has 0 unspecified atom stereocenters. The third kappa shape index (κ3) is 3.11. The van der Waals surface area contributed by atoms with Gasteiger partial charge >= 0.3 is 0 Å². The first kappa shape index (κ1) is 20.0. The highest BCUT2D eigenvalue weighted by Gasteiger charge is 2.45. The molecule has 0 radical (unpaired) electrons. The van der Waals surface area contributed by atoms with Gasteiger partial charge in [-0.1, -0.05) is 53.5 Å². The summed E-state index contributed by atoms with van der Waals surface area (Å²) in [6, 6.07) is 18.1. The molecule has 3 heterocycles. The van der Waals surface area contributed by atoms with Gasteiger partial charge in [0.1, 0.15) is 5.82 Å². The maximum atomic E-state index is 6.72. The van der Waals surface area contributed by atoms with Crippen molar-refractivity contribution in [2.45, 2.75) is 25.3 Å². The highest BCUT2D eigenvalue weighted by molar-refractivity contribution is 6.43. The van der Waals surface area contributed by atoms with Crippen LogP contribution in [0.4, 0.5) is 5.82 Å². The molecule has 1 fully saturated rings. The molecule has 2 aromatic carbocycles. The third-order valence-corrected chi connectivity index (χ3v) is 7.92. The van der Waals surface area contributed by atoms with Gasteiger partial charge in [-0.3, -0.25) is 0 Å². The minimum atomic E-state index is 0.108. The topological polar surface area (TPSA) is 68.2 Å². The quantitative estimate of drug-likeness (QED) is 0.391. The number of hydrogen-bond acceptors (Lipinski definition) is 5. The van der Waals surface area contributed by atoms with E-state index in [0.717, 1.165) is 38.2 Å². The number of aromatic nitrogens is 2. The molecule has 162 valence electrons. The van der Waals surface area contributed by atoms with E-state index in [0.29, 0.717) is 32.7 Å². The molecule has 7 heteroatoms. The number of hydrogen-bond donors (Lipinski definition) is 1. The third-order valence-electron chi connectivity index (χ3n) is 7.10. The number of nitrogens with two attached hydrogens (primary N) is 1. The molecule has 4 aromatic rings. The Bertz CT molecular complexity index is 1330. The second-order valence-electron chi connectivity index (χ2n) is 8.81. The van der Waals surface area contributed by atoms with Crippen molar-refractivity contribution < 1.29 is 4.42 Å². The van der Waals surface area contributed by atoms with Crippen molar-refractivity contribution in [2.24, 2.45) is 11.1 Å². The van der Waals surface area contributed by atoms with E-state index >= 15 is 0 Å². The summed E-state index contributed by atoms with van der Waals surface area (Å²) in [6.45, 7) is 1.84. The van der Waals surface area contributed by atoms with Gasteiger partial charge in [-0.2, -0.15) is 4.98 Å². The Kier molecular flexibility index (Phi) is 4.68. The minimum absolute atomic E-state index is 0.108. The smallest absolute Gasteiger partial charge is 0.230 e. The second-order valence-corrected chi connectivity index (χ2v) is 9.60. The van der Waals surface area contributed by atoms with Crippen LogP contribution in [0, 0.1) is 5.41 Å². The lowest BCUT2D eigenvalue weighted by Gasteiger charge is -2.42. The van der Waals surface area contributed by atoms with Crippen molar-refractivity contribution in [3.8, 4) is 11.5 Å². The van der Waals surface area contributed by atoms with E-state index in [1.165, 1.54) is 11.1 Å². The summed E-state index contributed by atoms with van der Waals surface area (Å²) < 4.78 is 5.91. The summed E-state index contributed by atoms with van der Waals surface area (Å²) in [7, 11) is 0. The highest BCUT2D eigenvalue weighted by atomic mass is 35.5. The first-order valence-corrected chi connectivity index (χ1v) is 11.6. The molecule has 32 heavy (non-hydrogen) atoms. The van der Waals surface area contributed by atoms with E-state index in [-0.39, 0.29) is 11.5 Å². The molecule has 1 saturated heterocycles. The van der Waals surface area contributed by atoms with E-state index in [9.17, 15) is 0 Å². The van der Waals surface area contributed by atoms with Gasteiger partial charge in [0.15, 0.2) is 5.58 Å². The van der Waals surface area contributed by atoms with E-state index in [2.05, 4.69) is 34.1 Å². The molecular weight excluding hydrogens is 443 g/mol. The number of oxazole rings is 1. The molecule has 1 aliphatic heterocycles. The van der Waals surface area contributed by atoms with Crippen molar-refractivity contribution in [3.63, 3.8) is 0 Å². The summed E-state index contributed by atoms with van der Waals surface area (Å²) in [5.41, 5.74) is 11.4. The Morgan fingerprint density at radius 3 is 2.59 bits per heavy atom. The molecule has 2 aromatic heterocycles. The zero-order valence-corrected chi connectivity index (χ0v) is 18.9. The van der Waals surface area contributed by atoms with Gasteiger partial charge in [0, 0.05) is 19.1 Å². The van der Waals surface area contributed by atoms with Gasteiger partial charge in [0.25, 0.3) is 0 Å². The average Bonchev–Trinajstić information content (AvgIpc) is 3.35. The SMILES string of the molecule is N[C@@H]1c2ccccc2CC12CCN(c1ccc3oc(-c4cccc(Cl)c4Cl)nc3n1)CC2. The van der Waals surface area contributed by atoms with Crippen LogP contribution in [0.15, 0.2) is 59.0 Å². The van der Waals surface area contributed by atoms with Gasteiger partial charge in [0.05, 0.1) is 15.6 Å². The first-order valence-electron chi connectivity index (χ1n) is 10.8. The minimum Gasteiger partial charge on any atom is -0.434 e. The standard InChI is InChI=1S/C25H22Cl2N4O/c26-18-7-3-6-17(21(18)27)24-30-23-19(32-24)8-9-20(29-23)31-12-10-25(11-13-31)14-15-4-1-2-5-16(15)22(25)28/h1-9,22H,10-14,28H2/t22-/m1/s1. The number of benzene rings is 2. The van der Waals surface area contributed by atoms with E-state index in [4.69, 9.17) is 38.3 Å². The Morgan fingerprint density at radius 2 is 1.78 bits per heavy atom. The van der Waals surface area contributed by atoms with E-state index in [1.54, 1.807) is 6.07 Å². The van der Waals surface area contributed by atoms with Gasteiger partial charge in [-0.05, 0) is 60.1 Å². The van der Waals surface area contributed by atoms with Crippen LogP contribution in [0.5, 0.6) is 0 Å². The Morgan fingerprint density at radius 1 is 0.969 bits per heavy atom. The Hall–Kier alpha value is -2.60. The summed E-state index contributed by atoms with van der Waals surface area (Å²) >= 11 is 12.5. The maximum Gasteiger partial charge on any atom is 0.230 e. The number of piperidine rings is 1. The van der Waals surface area contributed by atoms with Crippen LogP contribution < -0.4 is 10.6 Å². The van der Waals surface area contributed by atoms with Crippen molar-refractivity contribution in [3.05, 3.63) is 75.8 Å². The van der Waals surface area contributed by atoms with Crippen LogP contribution in [0.1, 0.15) is 30.0 Å². The predicted molar refractivity (Wildman–Crippen MR) is 128 cm³/mol. The fourth-order valence-corrected chi connectivity index (χ4v) is 5.64. The number of rotatable bonds is 2. The fourth-order valence-electron chi connectivity index (χ4n) is 5.26. The van der Waals surface area contributed by atoms with Crippen molar-refractivity contribution in [1.82, 2.24) is 9.97 Å². The molecule has 5 nitrogen and oxygen atoms in total. The summed E-state index contributed by atoms with van der Waals surface area (Å²) in [5.74, 6) is 1.33. The van der Waals surface area contributed by atoms with E-state index in [1.807, 2.05) is 24.3 Å². The van der Waals surface area contributed by atoms with Gasteiger partial charge in [-0.15, -0.1) is 0 Å². The molecule has 1 spiro atoms. The van der Waals surface area contributed by atoms with Crippen LogP contribution in [-0.4, -0.2) is 23.1 Å². The lowest BCUT2D eigenvalue weighted by Crippen LogP contribution is -2.44. The first-order chi connectivity index (χ1) is 15.5. The molecule has 2 N–H and O–H groups in total. The van der Waals surface area contributed by atoms with Gasteiger partial charge in [-0.25, -0.2) is 4.98 Å². The second kappa shape index (κ2) is 7.48. The molecule has 6 rings (SSSR count). The van der Waals surface area contributed by atoms with Gasteiger partial charge < -0.3 is 15.1 Å². The number of halogens is 2. The maximum absolute atomic E-state index is 6.72. The molecule has 0 bridgehead atoms. The summed E-state index contributed by atoms with van der Waals surface area (Å²) in [5, 5.41) is 0.894. The lowest BCUT2D eigenvalue weighted by molar-refractivity contribution is 0.187. The molecule has 1 aliphatic carbocycles. The van der Waals surface area contributed by atoms with Crippen LogP contribution >= 0.6 is 23.2 Å². The van der Waals surface area contributed by atoms with Crippen LogP contribution in [-0.2, 0) is 6.42 Å². The number of nitrogens with zero attached hydrogens (tertiary/aromatic N) is 3. The zero-order valence-electron chi connectivity index (χ0n) is 17.4. The molecule has 0 amide bonds. The molecular formula is C25H22Cl2N4O. The predicted octanol–water partition coefficient (Wildman–Crippen LogP) is 6.04. The fraction of sp³-hybridized carbons (Fsp3) is 0.280. The van der Waals surface area contributed by atoms with Crippen LogP contribution in [0.2, 0.25) is 10.0 Å². The van der Waals surface area contributed by atoms with Gasteiger partial charge in [0.2, 0.25) is 11.5 Å². The van der Waals surface area contributed by atoms with Crippen LogP contribution in [0.25, 0.3) is 22.7 Å². The summed E-state index contributed by atoms with van der Waals surface area (Å²) in [6.07, 6.45) is 3.16. The number of pyridine rings is 1. The molecule has 1 atom stereocenters. The van der Waals surface area contributed by atoms with Crippen molar-refractivity contribution in [1.29, 1.82) is 0 Å². The van der Waals surface area contributed by atoms with E-state index < -0.39 is 0 Å². The largest absolute Gasteiger partial charge is 0.434 e. The normalized spacial score (nSPS) is 19.6. The average molecular weight is 465 g/mol. The monoisotopic (exact) mass is 464 g/mol. The highest BCUT2D eigenvalue weighted by Crippen LogP contribution is 2.51. The number of anilines is 1. The molecule has 2 aliphatic rings. The Balaban J connectivity index is 1.24. The molecule has 0 saturated carbocycles. The lowest BCUT2D eigenvalue weighted by atomic mass is 9.73. The summed E-state index contributed by atoms with van der Waals surface area (Å²) in [4.78, 5) is 11.7. The Labute approximate surface area is 196 Å². The van der Waals surface area contributed by atoms with Crippen molar-refractivity contribution in [2.75, 3.05) is 18.0 Å².